The quantitative estimate of drug-likeness (QED) is 0.735. The number of hydrogen-bond donors (Lipinski definition) is 1. The van der Waals surface area contributed by atoms with Crippen LogP contribution in [0.1, 0.15) is 44.9 Å². The molecule has 1 N–H and O–H groups in total. The minimum atomic E-state index is -3.62. The van der Waals surface area contributed by atoms with Gasteiger partial charge < -0.3 is 5.32 Å². The van der Waals surface area contributed by atoms with Crippen molar-refractivity contribution in [3.05, 3.63) is 28.2 Å². The molecular weight excluding hydrogens is 391 g/mol. The number of sulfonamides is 1. The summed E-state index contributed by atoms with van der Waals surface area (Å²) in [7, 11) is -3.62. The second kappa shape index (κ2) is 9.24. The summed E-state index contributed by atoms with van der Waals surface area (Å²) in [5.74, 6) is 1.50. The third kappa shape index (κ3) is 4.93. The zero-order valence-electron chi connectivity index (χ0n) is 15.1. The van der Waals surface area contributed by atoms with Crippen molar-refractivity contribution < 1.29 is 8.42 Å². The van der Waals surface area contributed by atoms with E-state index in [2.05, 4.69) is 5.32 Å². The second-order valence-electron chi connectivity index (χ2n) is 7.52. The summed E-state index contributed by atoms with van der Waals surface area (Å²) >= 11 is 12.2. The van der Waals surface area contributed by atoms with Gasteiger partial charge in [0.25, 0.3) is 0 Å². The molecule has 0 spiro atoms. The summed E-state index contributed by atoms with van der Waals surface area (Å²) in [5.41, 5.74) is 0. The third-order valence-corrected chi connectivity index (χ3v) is 8.63. The van der Waals surface area contributed by atoms with E-state index in [-0.39, 0.29) is 14.9 Å². The Morgan fingerprint density at radius 3 is 2.08 bits per heavy atom. The highest BCUT2D eigenvalue weighted by Gasteiger charge is 2.32. The first-order valence-electron chi connectivity index (χ1n) is 9.63. The maximum absolute atomic E-state index is 12.9. The fourth-order valence-corrected chi connectivity index (χ4v) is 6.72. The smallest absolute Gasteiger partial charge is 0.246 e. The van der Waals surface area contributed by atoms with E-state index in [1.165, 1.54) is 32.1 Å². The van der Waals surface area contributed by atoms with Crippen molar-refractivity contribution in [2.45, 2.75) is 49.8 Å². The van der Waals surface area contributed by atoms with Crippen molar-refractivity contribution in [3.63, 3.8) is 0 Å². The van der Waals surface area contributed by atoms with E-state index in [4.69, 9.17) is 23.2 Å². The Balaban J connectivity index is 1.50. The highest BCUT2D eigenvalue weighted by molar-refractivity contribution is 7.89. The van der Waals surface area contributed by atoms with Crippen molar-refractivity contribution in [3.8, 4) is 0 Å². The van der Waals surface area contributed by atoms with Gasteiger partial charge in [-0.05, 0) is 62.7 Å². The Bertz CT molecular complexity index is 677. The molecule has 0 unspecified atom stereocenters. The topological polar surface area (TPSA) is 49.4 Å². The van der Waals surface area contributed by atoms with Crippen molar-refractivity contribution in [1.82, 2.24) is 9.62 Å². The Hall–Kier alpha value is -0.330. The molecule has 1 aromatic carbocycles. The largest absolute Gasteiger partial charge is 0.317 e. The van der Waals surface area contributed by atoms with Gasteiger partial charge in [0.15, 0.2) is 0 Å². The normalized spacial score (nSPS) is 21.2. The molecule has 2 saturated heterocycles. The van der Waals surface area contributed by atoms with Gasteiger partial charge in [-0.1, -0.05) is 48.5 Å². The van der Waals surface area contributed by atoms with Gasteiger partial charge in [-0.15, -0.1) is 0 Å². The lowest BCUT2D eigenvalue weighted by Crippen LogP contribution is -2.38. The molecule has 146 valence electrons. The van der Waals surface area contributed by atoms with E-state index in [1.807, 2.05) is 0 Å². The molecule has 26 heavy (non-hydrogen) atoms. The Morgan fingerprint density at radius 1 is 0.962 bits per heavy atom. The van der Waals surface area contributed by atoms with E-state index in [1.54, 1.807) is 22.5 Å². The summed E-state index contributed by atoms with van der Waals surface area (Å²) in [5, 5.41) is 3.81. The molecular formula is C19H28Cl2N2O2S. The van der Waals surface area contributed by atoms with Gasteiger partial charge in [0.1, 0.15) is 4.90 Å². The molecule has 0 aliphatic carbocycles. The minimum Gasteiger partial charge on any atom is -0.317 e. The Labute approximate surface area is 167 Å². The van der Waals surface area contributed by atoms with Crippen molar-refractivity contribution in [2.24, 2.45) is 11.8 Å². The number of benzene rings is 1. The van der Waals surface area contributed by atoms with Crippen LogP contribution in [0.5, 0.6) is 0 Å². The van der Waals surface area contributed by atoms with Crippen LogP contribution in [0.15, 0.2) is 23.1 Å². The number of piperidine rings is 2. The molecule has 0 aromatic heterocycles. The summed E-state index contributed by atoms with van der Waals surface area (Å²) in [6.07, 6.45) is 8.24. The first kappa shape index (κ1) is 20.4. The standard InChI is InChI=1S/C19H28Cl2N2O2S/c20-17-5-2-6-18(21)19(17)26(24,25)23-13-9-16(10-14-23)4-1-3-15-7-11-22-12-8-15/h2,5-6,15-16,22H,1,3-4,7-14H2. The number of hydrogen-bond acceptors (Lipinski definition) is 3. The lowest BCUT2D eigenvalue weighted by atomic mass is 9.87. The second-order valence-corrected chi connectivity index (χ2v) is 10.2. The van der Waals surface area contributed by atoms with Crippen LogP contribution in [0, 0.1) is 11.8 Å². The molecule has 2 aliphatic rings. The van der Waals surface area contributed by atoms with Gasteiger partial charge >= 0.3 is 0 Å². The lowest BCUT2D eigenvalue weighted by molar-refractivity contribution is 0.250. The molecule has 0 atom stereocenters. The predicted molar refractivity (Wildman–Crippen MR) is 107 cm³/mol. The van der Waals surface area contributed by atoms with Crippen LogP contribution in [-0.2, 0) is 10.0 Å². The molecule has 0 saturated carbocycles. The highest BCUT2D eigenvalue weighted by Crippen LogP contribution is 2.34. The fraction of sp³-hybridized carbons (Fsp3) is 0.684. The van der Waals surface area contributed by atoms with Crippen LogP contribution in [-0.4, -0.2) is 38.9 Å². The average Bonchev–Trinajstić information content (AvgIpc) is 2.63. The zero-order chi connectivity index (χ0) is 18.6. The molecule has 4 nitrogen and oxygen atoms in total. The first-order valence-corrected chi connectivity index (χ1v) is 11.8. The van der Waals surface area contributed by atoms with Gasteiger partial charge in [0, 0.05) is 13.1 Å². The van der Waals surface area contributed by atoms with Crippen LogP contribution in [0.3, 0.4) is 0 Å². The van der Waals surface area contributed by atoms with Gasteiger partial charge in [0.05, 0.1) is 10.0 Å². The number of nitrogens with one attached hydrogen (secondary N) is 1. The number of rotatable bonds is 6. The van der Waals surface area contributed by atoms with Gasteiger partial charge in [-0.3, -0.25) is 0 Å². The number of nitrogens with zero attached hydrogens (tertiary/aromatic N) is 1. The van der Waals surface area contributed by atoms with Crippen LogP contribution >= 0.6 is 23.2 Å². The molecule has 2 fully saturated rings. The molecule has 2 heterocycles. The van der Waals surface area contributed by atoms with E-state index < -0.39 is 10.0 Å². The SMILES string of the molecule is O=S(=O)(c1c(Cl)cccc1Cl)N1CCC(CCCC2CCNCC2)CC1. The van der Waals surface area contributed by atoms with Crippen LogP contribution in [0.2, 0.25) is 10.0 Å². The summed E-state index contributed by atoms with van der Waals surface area (Å²) in [4.78, 5) is 0.0488. The molecule has 3 rings (SSSR count). The van der Waals surface area contributed by atoms with E-state index in [9.17, 15) is 8.42 Å². The predicted octanol–water partition coefficient (Wildman–Crippen LogP) is 4.56. The molecule has 0 amide bonds. The minimum absolute atomic E-state index is 0.0488. The maximum atomic E-state index is 12.9. The van der Waals surface area contributed by atoms with Crippen LogP contribution in [0.25, 0.3) is 0 Å². The van der Waals surface area contributed by atoms with Crippen molar-refractivity contribution in [2.75, 3.05) is 26.2 Å². The van der Waals surface area contributed by atoms with Crippen molar-refractivity contribution >= 4 is 33.2 Å². The third-order valence-electron chi connectivity index (χ3n) is 5.77. The fourth-order valence-electron chi connectivity index (χ4n) is 4.16. The van der Waals surface area contributed by atoms with E-state index in [0.717, 1.165) is 31.8 Å². The van der Waals surface area contributed by atoms with Crippen LogP contribution in [0.4, 0.5) is 0 Å². The van der Waals surface area contributed by atoms with Crippen molar-refractivity contribution in [1.29, 1.82) is 0 Å². The molecule has 7 heteroatoms. The van der Waals surface area contributed by atoms with Crippen LogP contribution < -0.4 is 5.32 Å². The Kier molecular flexibility index (Phi) is 7.25. The molecule has 2 aliphatic heterocycles. The molecule has 1 aromatic rings. The lowest BCUT2D eigenvalue weighted by Gasteiger charge is -2.32. The zero-order valence-corrected chi connectivity index (χ0v) is 17.4. The van der Waals surface area contributed by atoms with Gasteiger partial charge in [-0.2, -0.15) is 4.31 Å². The average molecular weight is 419 g/mol. The molecule has 0 bridgehead atoms. The highest BCUT2D eigenvalue weighted by atomic mass is 35.5. The summed E-state index contributed by atoms with van der Waals surface area (Å²) < 4.78 is 27.4. The Morgan fingerprint density at radius 2 is 1.50 bits per heavy atom. The van der Waals surface area contributed by atoms with Gasteiger partial charge in [-0.25, -0.2) is 8.42 Å². The van der Waals surface area contributed by atoms with E-state index >= 15 is 0 Å². The monoisotopic (exact) mass is 418 g/mol. The maximum Gasteiger partial charge on any atom is 0.246 e. The summed E-state index contributed by atoms with van der Waals surface area (Å²) in [6.45, 7) is 3.43. The van der Waals surface area contributed by atoms with Gasteiger partial charge in [0.2, 0.25) is 10.0 Å². The summed E-state index contributed by atoms with van der Waals surface area (Å²) in [6, 6.07) is 4.82. The number of halogens is 2. The van der Waals surface area contributed by atoms with E-state index in [0.29, 0.717) is 19.0 Å². The first-order chi connectivity index (χ1) is 12.5. The molecule has 0 radical (unpaired) electrons.